The molecule has 1 amide bonds. The van der Waals surface area contributed by atoms with Crippen LogP contribution in [0.5, 0.6) is 0 Å². The zero-order valence-corrected chi connectivity index (χ0v) is 8.83. The Balaban J connectivity index is 2.46. The van der Waals surface area contributed by atoms with Gasteiger partial charge in [-0.3, -0.25) is 4.79 Å². The van der Waals surface area contributed by atoms with Gasteiger partial charge in [0.15, 0.2) is 0 Å². The van der Waals surface area contributed by atoms with Crippen LogP contribution in [0.1, 0.15) is 10.5 Å². The third-order valence-electron chi connectivity index (χ3n) is 1.96. The highest BCUT2D eigenvalue weighted by atomic mass is 16.3. The Morgan fingerprint density at radius 2 is 2.44 bits per heavy atom. The van der Waals surface area contributed by atoms with Gasteiger partial charge in [-0.25, -0.2) is 4.98 Å². The number of nitrogens with zero attached hydrogens (tertiary/aromatic N) is 2. The van der Waals surface area contributed by atoms with Gasteiger partial charge in [-0.1, -0.05) is 0 Å². The fourth-order valence-electron chi connectivity index (χ4n) is 1.11. The Kier molecular flexibility index (Phi) is 4.90. The zero-order valence-electron chi connectivity index (χ0n) is 8.83. The molecule has 0 aromatic carbocycles. The first-order chi connectivity index (χ1) is 7.67. The molecule has 0 spiro atoms. The third-order valence-corrected chi connectivity index (χ3v) is 1.96. The van der Waals surface area contributed by atoms with Crippen molar-refractivity contribution >= 4 is 5.91 Å². The summed E-state index contributed by atoms with van der Waals surface area (Å²) in [6, 6.07) is 0. The third kappa shape index (κ3) is 3.61. The van der Waals surface area contributed by atoms with E-state index in [0.717, 1.165) is 0 Å². The van der Waals surface area contributed by atoms with Gasteiger partial charge in [0, 0.05) is 25.8 Å². The molecule has 1 unspecified atom stereocenters. The number of aliphatic hydroxyl groups excluding tert-OH is 2. The van der Waals surface area contributed by atoms with E-state index in [-0.39, 0.29) is 24.8 Å². The summed E-state index contributed by atoms with van der Waals surface area (Å²) < 4.78 is 1.71. The van der Waals surface area contributed by atoms with E-state index in [2.05, 4.69) is 10.3 Å². The van der Waals surface area contributed by atoms with Crippen molar-refractivity contribution < 1.29 is 15.0 Å². The topological polar surface area (TPSA) is 113 Å². The summed E-state index contributed by atoms with van der Waals surface area (Å²) in [6.07, 6.45) is 2.15. The molecule has 5 N–H and O–H groups in total. The van der Waals surface area contributed by atoms with Gasteiger partial charge in [-0.05, 0) is 0 Å². The van der Waals surface area contributed by atoms with E-state index in [9.17, 15) is 4.79 Å². The quantitative estimate of drug-likeness (QED) is 0.446. The Morgan fingerprint density at radius 3 is 3.06 bits per heavy atom. The van der Waals surface area contributed by atoms with Crippen LogP contribution >= 0.6 is 0 Å². The monoisotopic (exact) mass is 228 g/mol. The van der Waals surface area contributed by atoms with Gasteiger partial charge < -0.3 is 25.8 Å². The second-order valence-electron chi connectivity index (χ2n) is 3.33. The molecule has 0 aliphatic heterocycles. The summed E-state index contributed by atoms with van der Waals surface area (Å²) in [5.41, 5.74) is 5.61. The van der Waals surface area contributed by atoms with E-state index in [4.69, 9.17) is 15.9 Å². The smallest absolute Gasteiger partial charge is 0.271 e. The number of nitrogens with one attached hydrogen (secondary N) is 1. The average molecular weight is 228 g/mol. The number of carbonyl (C=O) groups is 1. The molecular formula is C9H16N4O3. The number of aliphatic hydroxyl groups is 2. The lowest BCUT2D eigenvalue weighted by Crippen LogP contribution is -2.34. The molecule has 16 heavy (non-hydrogen) atoms. The van der Waals surface area contributed by atoms with E-state index in [1.807, 2.05) is 0 Å². The molecule has 0 radical (unpaired) electrons. The van der Waals surface area contributed by atoms with Crippen LogP contribution in [0.15, 0.2) is 12.5 Å². The number of amides is 1. The van der Waals surface area contributed by atoms with Gasteiger partial charge >= 0.3 is 0 Å². The van der Waals surface area contributed by atoms with Crippen LogP contribution in [0.4, 0.5) is 0 Å². The van der Waals surface area contributed by atoms with Gasteiger partial charge in [-0.15, -0.1) is 0 Å². The Morgan fingerprint density at radius 1 is 1.69 bits per heavy atom. The second kappa shape index (κ2) is 6.21. The van der Waals surface area contributed by atoms with Crippen LogP contribution in [0.3, 0.4) is 0 Å². The van der Waals surface area contributed by atoms with Crippen LogP contribution in [0.2, 0.25) is 0 Å². The zero-order chi connectivity index (χ0) is 12.0. The fraction of sp³-hybridized carbons (Fsp3) is 0.556. The van der Waals surface area contributed by atoms with E-state index >= 15 is 0 Å². The van der Waals surface area contributed by atoms with Crippen molar-refractivity contribution in [3.63, 3.8) is 0 Å². The lowest BCUT2D eigenvalue weighted by atomic mass is 10.3. The highest BCUT2D eigenvalue weighted by molar-refractivity contribution is 5.92. The Hall–Kier alpha value is -1.44. The number of hydrogen-bond acceptors (Lipinski definition) is 5. The van der Waals surface area contributed by atoms with E-state index < -0.39 is 6.10 Å². The standard InChI is InChI=1S/C9H16N4O3/c10-1-2-13-4-8(12-6-13)9(16)11-3-7(15)5-14/h4,6-7,14-15H,1-3,5,10H2,(H,11,16). The second-order valence-corrected chi connectivity index (χ2v) is 3.33. The number of imidazole rings is 1. The van der Waals surface area contributed by atoms with Gasteiger partial charge in [0.2, 0.25) is 0 Å². The van der Waals surface area contributed by atoms with Crippen LogP contribution < -0.4 is 11.1 Å². The fourth-order valence-corrected chi connectivity index (χ4v) is 1.11. The van der Waals surface area contributed by atoms with Gasteiger partial charge in [0.1, 0.15) is 5.69 Å². The molecule has 1 rings (SSSR count). The number of nitrogens with two attached hydrogens (primary N) is 1. The molecule has 1 aromatic rings. The SMILES string of the molecule is NCCn1cnc(C(=O)NCC(O)CO)c1. The van der Waals surface area contributed by atoms with Gasteiger partial charge in [-0.2, -0.15) is 0 Å². The molecule has 7 nitrogen and oxygen atoms in total. The first kappa shape index (κ1) is 12.6. The number of aromatic nitrogens is 2. The van der Waals surface area contributed by atoms with E-state index in [1.165, 1.54) is 6.33 Å². The molecule has 0 saturated heterocycles. The molecule has 1 atom stereocenters. The Labute approximate surface area is 92.9 Å². The highest BCUT2D eigenvalue weighted by Gasteiger charge is 2.10. The van der Waals surface area contributed by atoms with Crippen molar-refractivity contribution in [1.82, 2.24) is 14.9 Å². The minimum atomic E-state index is -0.949. The van der Waals surface area contributed by atoms with Crippen molar-refractivity contribution in [2.24, 2.45) is 5.73 Å². The van der Waals surface area contributed by atoms with Crippen LogP contribution in [-0.4, -0.2) is 51.5 Å². The first-order valence-electron chi connectivity index (χ1n) is 4.96. The lowest BCUT2D eigenvalue weighted by Gasteiger charge is -2.07. The summed E-state index contributed by atoms with van der Waals surface area (Å²) in [7, 11) is 0. The van der Waals surface area contributed by atoms with Gasteiger partial charge in [0.25, 0.3) is 5.91 Å². The van der Waals surface area contributed by atoms with Crippen molar-refractivity contribution in [2.75, 3.05) is 19.7 Å². The van der Waals surface area contributed by atoms with Crippen molar-refractivity contribution in [1.29, 1.82) is 0 Å². The molecular weight excluding hydrogens is 212 g/mol. The molecule has 0 aliphatic rings. The van der Waals surface area contributed by atoms with E-state index in [0.29, 0.717) is 13.1 Å². The summed E-state index contributed by atoms with van der Waals surface area (Å²) in [5.74, 6) is -0.386. The van der Waals surface area contributed by atoms with Crippen molar-refractivity contribution in [3.05, 3.63) is 18.2 Å². The summed E-state index contributed by atoms with van der Waals surface area (Å²) >= 11 is 0. The van der Waals surface area contributed by atoms with Crippen molar-refractivity contribution in [3.8, 4) is 0 Å². The largest absolute Gasteiger partial charge is 0.394 e. The minimum Gasteiger partial charge on any atom is -0.394 e. The average Bonchev–Trinajstić information content (AvgIpc) is 2.74. The maximum absolute atomic E-state index is 11.5. The number of carbonyl (C=O) groups excluding carboxylic acids is 1. The molecule has 1 heterocycles. The van der Waals surface area contributed by atoms with E-state index in [1.54, 1.807) is 10.8 Å². The minimum absolute atomic E-state index is 0.000910. The number of hydrogen-bond donors (Lipinski definition) is 4. The molecule has 7 heteroatoms. The molecule has 0 aliphatic carbocycles. The molecule has 90 valence electrons. The first-order valence-corrected chi connectivity index (χ1v) is 4.96. The summed E-state index contributed by atoms with van der Waals surface area (Å²) in [5, 5.41) is 20.0. The highest BCUT2D eigenvalue weighted by Crippen LogP contribution is 1.95. The molecule has 1 aromatic heterocycles. The maximum Gasteiger partial charge on any atom is 0.271 e. The van der Waals surface area contributed by atoms with Crippen LogP contribution in [-0.2, 0) is 6.54 Å². The van der Waals surface area contributed by atoms with Gasteiger partial charge in [0.05, 0.1) is 19.0 Å². The molecule has 0 bridgehead atoms. The summed E-state index contributed by atoms with van der Waals surface area (Å²) in [6.45, 7) is 0.682. The van der Waals surface area contributed by atoms with Crippen LogP contribution in [0, 0.1) is 0 Å². The normalized spacial score (nSPS) is 12.4. The Bertz CT molecular complexity index is 339. The summed E-state index contributed by atoms with van der Waals surface area (Å²) in [4.78, 5) is 15.4. The molecule has 0 fully saturated rings. The predicted octanol–water partition coefficient (Wildman–Crippen LogP) is -2.08. The maximum atomic E-state index is 11.5. The number of rotatable bonds is 6. The lowest BCUT2D eigenvalue weighted by molar-refractivity contribution is 0.0799. The van der Waals surface area contributed by atoms with Crippen LogP contribution in [0.25, 0.3) is 0 Å². The predicted molar refractivity (Wildman–Crippen MR) is 56.7 cm³/mol. The van der Waals surface area contributed by atoms with Crippen molar-refractivity contribution in [2.45, 2.75) is 12.6 Å². The molecule has 0 saturated carbocycles.